The maximum atomic E-state index is 5.93. The minimum absolute atomic E-state index is 0.0479. The molecule has 0 N–H and O–H groups in total. The molecule has 1 atom stereocenters. The lowest BCUT2D eigenvalue weighted by Gasteiger charge is -2.42. The lowest BCUT2D eigenvalue weighted by molar-refractivity contribution is 0.171. The first-order chi connectivity index (χ1) is 19.0. The number of aryl methyl sites for hydroxylation is 2. The van der Waals surface area contributed by atoms with Crippen LogP contribution in [0.4, 0.5) is 0 Å². The van der Waals surface area contributed by atoms with Crippen molar-refractivity contribution in [2.45, 2.75) is 19.9 Å². The first-order valence-corrected chi connectivity index (χ1v) is 14.3. The summed E-state index contributed by atoms with van der Waals surface area (Å²) in [5, 5.41) is 3.25. The lowest BCUT2D eigenvalue weighted by Crippen LogP contribution is -2.40. The molecule has 0 radical (unpaired) electrons. The molecule has 0 fully saturated rings. The molecule has 4 heterocycles. The predicted octanol–water partition coefficient (Wildman–Crippen LogP) is 6.82. The third kappa shape index (κ3) is 4.48. The van der Waals surface area contributed by atoms with Crippen LogP contribution < -0.4 is 9.47 Å². The molecule has 0 spiro atoms. The summed E-state index contributed by atoms with van der Waals surface area (Å²) in [5.41, 5.74) is 11.0. The number of nitrogens with zero attached hydrogens (tertiary/aromatic N) is 3. The first-order valence-electron chi connectivity index (χ1n) is 13.4. The molecule has 196 valence electrons. The first kappa shape index (κ1) is 24.3. The molecule has 4 aliphatic heterocycles. The van der Waals surface area contributed by atoms with Crippen molar-refractivity contribution in [3.63, 3.8) is 0 Å². The van der Waals surface area contributed by atoms with Crippen LogP contribution >= 0.6 is 11.8 Å². The summed E-state index contributed by atoms with van der Waals surface area (Å²) >= 11 is 1.70. The fourth-order valence-corrected chi connectivity index (χ4v) is 6.67. The van der Waals surface area contributed by atoms with Gasteiger partial charge >= 0.3 is 0 Å². The third-order valence-corrected chi connectivity index (χ3v) is 8.52. The second-order valence-electron chi connectivity index (χ2n) is 10.7. The molecule has 39 heavy (non-hydrogen) atoms. The van der Waals surface area contributed by atoms with Gasteiger partial charge in [0, 0.05) is 24.1 Å². The van der Waals surface area contributed by atoms with E-state index < -0.39 is 0 Å². The number of likely N-dealkylation sites (N-methyl/N-ethyl adjacent to an activating group) is 1. The average molecular weight is 534 g/mol. The minimum atomic E-state index is 0.0479. The molecule has 7 rings (SSSR count). The Kier molecular flexibility index (Phi) is 6.09. The van der Waals surface area contributed by atoms with Gasteiger partial charge in [-0.2, -0.15) is 0 Å². The Morgan fingerprint density at radius 2 is 1.59 bits per heavy atom. The van der Waals surface area contributed by atoms with Crippen molar-refractivity contribution in [3.05, 3.63) is 117 Å². The Morgan fingerprint density at radius 1 is 0.872 bits per heavy atom. The summed E-state index contributed by atoms with van der Waals surface area (Å²) in [7, 11) is 2.20. The predicted molar refractivity (Wildman–Crippen MR) is 160 cm³/mol. The Morgan fingerprint density at radius 3 is 2.36 bits per heavy atom. The summed E-state index contributed by atoms with van der Waals surface area (Å²) in [6.45, 7) is 7.18. The van der Waals surface area contributed by atoms with Gasteiger partial charge in [-0.3, -0.25) is 4.90 Å². The van der Waals surface area contributed by atoms with Crippen LogP contribution in [-0.4, -0.2) is 48.3 Å². The Labute approximate surface area is 234 Å². The van der Waals surface area contributed by atoms with Gasteiger partial charge in [0.1, 0.15) is 13.2 Å². The van der Waals surface area contributed by atoms with E-state index in [2.05, 4.69) is 103 Å². The van der Waals surface area contributed by atoms with Gasteiger partial charge in [-0.15, -0.1) is 0 Å². The van der Waals surface area contributed by atoms with Crippen molar-refractivity contribution in [1.29, 1.82) is 0 Å². The van der Waals surface area contributed by atoms with Gasteiger partial charge in [-0.1, -0.05) is 71.4 Å². The molecule has 1 unspecified atom stereocenters. The highest BCUT2D eigenvalue weighted by Crippen LogP contribution is 2.49. The van der Waals surface area contributed by atoms with E-state index in [9.17, 15) is 0 Å². The Hall–Kier alpha value is -3.74. The van der Waals surface area contributed by atoms with E-state index in [1.165, 1.54) is 33.4 Å². The molecule has 0 aliphatic carbocycles. The number of fused-ring (bicyclic) bond motifs is 2. The van der Waals surface area contributed by atoms with Gasteiger partial charge in [-0.25, -0.2) is 4.99 Å². The van der Waals surface area contributed by atoms with Crippen molar-refractivity contribution in [3.8, 4) is 11.5 Å². The highest BCUT2D eigenvalue weighted by Gasteiger charge is 2.41. The number of aliphatic imine (C=N–C) groups is 1. The molecule has 3 aromatic carbocycles. The molecule has 0 saturated carbocycles. The van der Waals surface area contributed by atoms with E-state index in [4.69, 9.17) is 14.5 Å². The maximum absolute atomic E-state index is 5.93. The van der Waals surface area contributed by atoms with Crippen LogP contribution in [0.15, 0.2) is 94.0 Å². The second-order valence-corrected chi connectivity index (χ2v) is 11.5. The van der Waals surface area contributed by atoms with Gasteiger partial charge in [0.2, 0.25) is 0 Å². The van der Waals surface area contributed by atoms with Gasteiger partial charge in [0.25, 0.3) is 0 Å². The standard InChI is InChI=1S/C33H31N3O2S/c1-21-4-8-23(9-5-21)16-26-18-35(3)19-27-31(26)34-33-36(32(27)24-10-6-22(2)7-11-24)28(20-39-33)25-12-13-29-30(17-25)38-15-14-37-29/h4-13,16-17,20,32H,14-15,18-19H2,1-3H3/b26-16+. The number of rotatable bonds is 3. The zero-order chi connectivity index (χ0) is 26.5. The number of thioether (sulfide) groups is 1. The van der Waals surface area contributed by atoms with Crippen molar-refractivity contribution in [1.82, 2.24) is 9.80 Å². The SMILES string of the molecule is Cc1ccc(/C=C2\CN(C)CC3=C2N=C2SC=C(c4ccc5c(c4)OCCO5)N2C3c2ccc(C)cc2)cc1. The van der Waals surface area contributed by atoms with Crippen LogP contribution in [0.25, 0.3) is 11.8 Å². The maximum Gasteiger partial charge on any atom is 0.174 e. The van der Waals surface area contributed by atoms with Crippen LogP contribution in [0.5, 0.6) is 11.5 Å². The van der Waals surface area contributed by atoms with Crippen molar-refractivity contribution in [2.24, 2.45) is 4.99 Å². The second kappa shape index (κ2) is 9.78. The van der Waals surface area contributed by atoms with E-state index >= 15 is 0 Å². The Balaban J connectivity index is 1.36. The molecule has 5 nitrogen and oxygen atoms in total. The monoisotopic (exact) mass is 533 g/mol. The van der Waals surface area contributed by atoms with Crippen LogP contribution in [0, 0.1) is 13.8 Å². The largest absolute Gasteiger partial charge is 0.486 e. The van der Waals surface area contributed by atoms with Gasteiger partial charge in [0.15, 0.2) is 16.7 Å². The molecular formula is C33H31N3O2S. The smallest absolute Gasteiger partial charge is 0.174 e. The normalized spacial score (nSPS) is 21.5. The molecule has 0 saturated heterocycles. The molecule has 0 aromatic heterocycles. The molecule has 0 bridgehead atoms. The summed E-state index contributed by atoms with van der Waals surface area (Å²) in [5.74, 6) is 1.61. The molecule has 6 heteroatoms. The molecule has 0 amide bonds. The third-order valence-electron chi connectivity index (χ3n) is 7.68. The fourth-order valence-electron chi connectivity index (χ4n) is 5.75. The summed E-state index contributed by atoms with van der Waals surface area (Å²) in [6.07, 6.45) is 2.31. The number of benzene rings is 3. The number of amidine groups is 1. The number of hydrogen-bond donors (Lipinski definition) is 0. The topological polar surface area (TPSA) is 37.3 Å². The summed E-state index contributed by atoms with van der Waals surface area (Å²) in [6, 6.07) is 24.0. The number of hydrogen-bond acceptors (Lipinski definition) is 6. The highest BCUT2D eigenvalue weighted by atomic mass is 32.2. The van der Waals surface area contributed by atoms with Gasteiger partial charge in [0.05, 0.1) is 17.4 Å². The molecule has 3 aromatic rings. The summed E-state index contributed by atoms with van der Waals surface area (Å²) < 4.78 is 11.7. The van der Waals surface area contributed by atoms with E-state index in [-0.39, 0.29) is 6.04 Å². The highest BCUT2D eigenvalue weighted by molar-refractivity contribution is 8.16. The zero-order valence-electron chi connectivity index (χ0n) is 22.5. The zero-order valence-corrected chi connectivity index (χ0v) is 23.3. The van der Waals surface area contributed by atoms with E-state index in [1.54, 1.807) is 11.8 Å². The minimum Gasteiger partial charge on any atom is -0.486 e. The van der Waals surface area contributed by atoms with Crippen LogP contribution in [-0.2, 0) is 0 Å². The van der Waals surface area contributed by atoms with E-state index in [0.29, 0.717) is 13.2 Å². The quantitative estimate of drug-likeness (QED) is 0.370. The van der Waals surface area contributed by atoms with Gasteiger partial charge < -0.3 is 14.4 Å². The fraction of sp³-hybridized carbons (Fsp3) is 0.242. The average Bonchev–Trinajstić information content (AvgIpc) is 3.37. The lowest BCUT2D eigenvalue weighted by atomic mass is 9.87. The van der Waals surface area contributed by atoms with Crippen LogP contribution in [0.3, 0.4) is 0 Å². The van der Waals surface area contributed by atoms with Crippen molar-refractivity contribution in [2.75, 3.05) is 33.4 Å². The van der Waals surface area contributed by atoms with E-state index in [1.807, 2.05) is 6.07 Å². The molecular weight excluding hydrogens is 502 g/mol. The van der Waals surface area contributed by atoms with Crippen LogP contribution in [0.2, 0.25) is 0 Å². The Bertz CT molecular complexity index is 1570. The summed E-state index contributed by atoms with van der Waals surface area (Å²) in [4.78, 5) is 10.2. The van der Waals surface area contributed by atoms with E-state index in [0.717, 1.165) is 46.7 Å². The van der Waals surface area contributed by atoms with Crippen molar-refractivity contribution >= 4 is 28.7 Å². The van der Waals surface area contributed by atoms with Crippen LogP contribution in [0.1, 0.15) is 33.9 Å². The van der Waals surface area contributed by atoms with Gasteiger partial charge in [-0.05, 0) is 67.4 Å². The molecule has 4 aliphatic rings. The number of ether oxygens (including phenoxy) is 2. The van der Waals surface area contributed by atoms with Crippen molar-refractivity contribution < 1.29 is 9.47 Å².